The molecule has 94 valence electrons. The van der Waals surface area contributed by atoms with Crippen molar-refractivity contribution in [3.63, 3.8) is 0 Å². The summed E-state index contributed by atoms with van der Waals surface area (Å²) in [4.78, 5) is 10.9. The lowest BCUT2D eigenvalue weighted by Gasteiger charge is -2.18. The van der Waals surface area contributed by atoms with Gasteiger partial charge in [-0.05, 0) is 23.5 Å². The molecule has 1 aromatic carbocycles. The number of carboxylic acid groups (broad SMARTS) is 1. The van der Waals surface area contributed by atoms with Crippen molar-refractivity contribution in [3.8, 4) is 5.75 Å². The molecule has 17 heavy (non-hydrogen) atoms. The zero-order chi connectivity index (χ0) is 13.2. The Labute approximate surface area is 101 Å². The zero-order valence-corrected chi connectivity index (χ0v) is 10.3. The number of benzene rings is 1. The second-order valence-corrected chi connectivity index (χ2v) is 4.33. The molecular formula is C13H18O4. The quantitative estimate of drug-likeness (QED) is 0.751. The van der Waals surface area contributed by atoms with Gasteiger partial charge in [0.25, 0.3) is 0 Å². The van der Waals surface area contributed by atoms with E-state index in [4.69, 9.17) is 5.11 Å². The van der Waals surface area contributed by atoms with Crippen LogP contribution < -0.4 is 0 Å². The van der Waals surface area contributed by atoms with Gasteiger partial charge in [0.1, 0.15) is 5.75 Å². The van der Waals surface area contributed by atoms with Crippen LogP contribution in [0.5, 0.6) is 5.75 Å². The van der Waals surface area contributed by atoms with Gasteiger partial charge in [-0.25, -0.2) is 4.79 Å². The minimum absolute atomic E-state index is 0.0378. The van der Waals surface area contributed by atoms with Gasteiger partial charge in [0.2, 0.25) is 0 Å². The minimum atomic E-state index is -1.68. The van der Waals surface area contributed by atoms with Crippen LogP contribution in [0.1, 0.15) is 49.5 Å². The Morgan fingerprint density at radius 3 is 2.35 bits per heavy atom. The smallest absolute Gasteiger partial charge is 0.337 e. The average molecular weight is 238 g/mol. The summed E-state index contributed by atoms with van der Waals surface area (Å²) >= 11 is 0. The van der Waals surface area contributed by atoms with Crippen LogP contribution in [0, 0.1) is 0 Å². The van der Waals surface area contributed by atoms with Gasteiger partial charge in [-0.1, -0.05) is 32.9 Å². The maximum atomic E-state index is 10.9. The molecule has 0 saturated heterocycles. The van der Waals surface area contributed by atoms with Crippen LogP contribution in [0.2, 0.25) is 0 Å². The van der Waals surface area contributed by atoms with Crippen LogP contribution in [0.15, 0.2) is 12.1 Å². The molecule has 0 heterocycles. The third-order valence-electron chi connectivity index (χ3n) is 2.84. The van der Waals surface area contributed by atoms with Crippen molar-refractivity contribution in [3.05, 3.63) is 28.8 Å². The molecule has 0 saturated carbocycles. The first kappa shape index (κ1) is 13.5. The van der Waals surface area contributed by atoms with E-state index in [0.29, 0.717) is 17.5 Å². The van der Waals surface area contributed by atoms with E-state index in [1.807, 2.05) is 20.8 Å². The Morgan fingerprint density at radius 1 is 1.35 bits per heavy atom. The van der Waals surface area contributed by atoms with E-state index in [1.165, 1.54) is 0 Å². The number of aliphatic carboxylic acids is 1. The molecule has 3 N–H and O–H groups in total. The van der Waals surface area contributed by atoms with Crippen LogP contribution in [0.25, 0.3) is 0 Å². The molecule has 0 aliphatic heterocycles. The van der Waals surface area contributed by atoms with Crippen molar-refractivity contribution < 1.29 is 20.1 Å². The summed E-state index contributed by atoms with van der Waals surface area (Å²) in [6.07, 6.45) is -1.09. The maximum Gasteiger partial charge on any atom is 0.337 e. The number of carbonyl (C=O) groups is 1. The summed E-state index contributed by atoms with van der Waals surface area (Å²) in [6, 6.07) is 3.54. The summed E-state index contributed by atoms with van der Waals surface area (Å²) in [5, 5.41) is 28.6. The number of phenols is 1. The Morgan fingerprint density at radius 2 is 1.94 bits per heavy atom. The Bertz CT molecular complexity index is 424. The van der Waals surface area contributed by atoms with Crippen LogP contribution in [-0.2, 0) is 11.2 Å². The molecule has 0 aliphatic carbocycles. The van der Waals surface area contributed by atoms with E-state index in [2.05, 4.69) is 0 Å². The fraction of sp³-hybridized carbons (Fsp3) is 0.462. The second-order valence-electron chi connectivity index (χ2n) is 4.33. The summed E-state index contributed by atoms with van der Waals surface area (Å²) in [7, 11) is 0. The lowest BCUT2D eigenvalue weighted by Crippen LogP contribution is -2.14. The van der Waals surface area contributed by atoms with E-state index in [-0.39, 0.29) is 17.2 Å². The molecule has 0 amide bonds. The number of rotatable bonds is 4. The lowest BCUT2D eigenvalue weighted by atomic mass is 9.90. The molecule has 1 aromatic rings. The molecule has 0 radical (unpaired) electrons. The average Bonchev–Trinajstić information content (AvgIpc) is 2.27. The Hall–Kier alpha value is -1.55. The van der Waals surface area contributed by atoms with Gasteiger partial charge in [-0.15, -0.1) is 0 Å². The van der Waals surface area contributed by atoms with Crippen molar-refractivity contribution in [1.82, 2.24) is 0 Å². The maximum absolute atomic E-state index is 10.9. The first-order valence-corrected chi connectivity index (χ1v) is 5.65. The van der Waals surface area contributed by atoms with E-state index in [1.54, 1.807) is 12.1 Å². The van der Waals surface area contributed by atoms with Crippen molar-refractivity contribution in [1.29, 1.82) is 0 Å². The summed E-state index contributed by atoms with van der Waals surface area (Å²) in [6.45, 7) is 5.64. The highest BCUT2D eigenvalue weighted by atomic mass is 16.4. The van der Waals surface area contributed by atoms with E-state index in [0.717, 1.165) is 0 Å². The molecule has 1 atom stereocenters. The van der Waals surface area contributed by atoms with Crippen molar-refractivity contribution >= 4 is 5.97 Å². The number of carboxylic acids is 1. The van der Waals surface area contributed by atoms with Gasteiger partial charge in [0.15, 0.2) is 6.10 Å². The monoisotopic (exact) mass is 238 g/mol. The van der Waals surface area contributed by atoms with Gasteiger partial charge in [-0.3, -0.25) is 0 Å². The minimum Gasteiger partial charge on any atom is -0.507 e. The Balaban J connectivity index is 3.45. The number of aliphatic hydroxyl groups is 1. The van der Waals surface area contributed by atoms with Crippen LogP contribution in [0.3, 0.4) is 0 Å². The molecule has 0 fully saturated rings. The molecule has 4 heteroatoms. The molecule has 0 aromatic heterocycles. The topological polar surface area (TPSA) is 77.8 Å². The third-order valence-corrected chi connectivity index (χ3v) is 2.84. The van der Waals surface area contributed by atoms with Crippen molar-refractivity contribution in [2.24, 2.45) is 0 Å². The molecule has 4 nitrogen and oxygen atoms in total. The van der Waals surface area contributed by atoms with Crippen LogP contribution in [-0.4, -0.2) is 21.3 Å². The first-order chi connectivity index (χ1) is 7.90. The van der Waals surface area contributed by atoms with Gasteiger partial charge < -0.3 is 15.3 Å². The predicted octanol–water partition coefficient (Wildman–Crippen LogP) is 2.20. The molecule has 0 bridgehead atoms. The summed E-state index contributed by atoms with van der Waals surface area (Å²) in [5.41, 5.74) is 1.42. The number of aryl methyl sites for hydroxylation is 1. The Kier molecular flexibility index (Phi) is 4.12. The van der Waals surface area contributed by atoms with Crippen LogP contribution in [0.4, 0.5) is 0 Å². The SMILES string of the molecule is CCc1ccc(C(C)C)c(C(O)C(=O)O)c1O. The highest BCUT2D eigenvalue weighted by Crippen LogP contribution is 2.35. The highest BCUT2D eigenvalue weighted by Gasteiger charge is 2.25. The van der Waals surface area contributed by atoms with Gasteiger partial charge in [0, 0.05) is 5.56 Å². The first-order valence-electron chi connectivity index (χ1n) is 5.65. The summed E-state index contributed by atoms with van der Waals surface area (Å²) in [5.74, 6) is -1.42. The van der Waals surface area contributed by atoms with E-state index >= 15 is 0 Å². The largest absolute Gasteiger partial charge is 0.507 e. The van der Waals surface area contributed by atoms with Crippen molar-refractivity contribution in [2.45, 2.75) is 39.2 Å². The predicted molar refractivity (Wildman–Crippen MR) is 64.2 cm³/mol. The number of aliphatic hydroxyl groups excluding tert-OH is 1. The second kappa shape index (κ2) is 5.19. The zero-order valence-electron chi connectivity index (χ0n) is 10.3. The van der Waals surface area contributed by atoms with Crippen molar-refractivity contribution in [2.75, 3.05) is 0 Å². The fourth-order valence-corrected chi connectivity index (χ4v) is 1.87. The molecule has 1 unspecified atom stereocenters. The van der Waals surface area contributed by atoms with Gasteiger partial charge >= 0.3 is 5.97 Å². The molecular weight excluding hydrogens is 220 g/mol. The van der Waals surface area contributed by atoms with Crippen LogP contribution >= 0.6 is 0 Å². The molecule has 0 aliphatic rings. The third kappa shape index (κ3) is 2.58. The number of hydrogen-bond acceptors (Lipinski definition) is 3. The van der Waals surface area contributed by atoms with Gasteiger partial charge in [-0.2, -0.15) is 0 Å². The van der Waals surface area contributed by atoms with E-state index in [9.17, 15) is 15.0 Å². The number of phenolic OH excluding ortho intramolecular Hbond substituents is 1. The normalized spacial score (nSPS) is 12.8. The lowest BCUT2D eigenvalue weighted by molar-refractivity contribution is -0.147. The highest BCUT2D eigenvalue weighted by molar-refractivity contribution is 5.76. The van der Waals surface area contributed by atoms with E-state index < -0.39 is 12.1 Å². The standard InChI is InChI=1S/C13H18O4/c1-4-8-5-6-9(7(2)3)10(11(8)14)12(15)13(16)17/h5-7,12,14-15H,4H2,1-3H3,(H,16,17). The summed E-state index contributed by atoms with van der Waals surface area (Å²) < 4.78 is 0. The number of aromatic hydroxyl groups is 1. The molecule has 0 spiro atoms. The number of hydrogen-bond donors (Lipinski definition) is 3. The van der Waals surface area contributed by atoms with Gasteiger partial charge in [0.05, 0.1) is 0 Å². The fourth-order valence-electron chi connectivity index (χ4n) is 1.87. The molecule has 1 rings (SSSR count).